The highest BCUT2D eigenvalue weighted by Gasteiger charge is 2.19. The summed E-state index contributed by atoms with van der Waals surface area (Å²) in [6.07, 6.45) is 2.50. The molecule has 0 saturated carbocycles. The van der Waals surface area contributed by atoms with Crippen molar-refractivity contribution in [2.75, 3.05) is 7.11 Å². The second-order valence-electron chi connectivity index (χ2n) is 6.22. The fourth-order valence-corrected chi connectivity index (χ4v) is 3.44. The monoisotopic (exact) mass is 411 g/mol. The number of thiazole rings is 1. The molecule has 0 radical (unpaired) electrons. The zero-order valence-corrected chi connectivity index (χ0v) is 16.9. The maximum Gasteiger partial charge on any atom is 0.312 e. The summed E-state index contributed by atoms with van der Waals surface area (Å²) in [7, 11) is 1.57. The van der Waals surface area contributed by atoms with Gasteiger partial charge in [0.25, 0.3) is 5.91 Å². The van der Waals surface area contributed by atoms with Crippen molar-refractivity contribution in [3.8, 4) is 16.3 Å². The van der Waals surface area contributed by atoms with Gasteiger partial charge >= 0.3 is 5.97 Å². The average molecular weight is 411 g/mol. The van der Waals surface area contributed by atoms with E-state index < -0.39 is 12.1 Å². The smallest absolute Gasteiger partial charge is 0.312 e. The highest BCUT2D eigenvalue weighted by molar-refractivity contribution is 7.13. The van der Waals surface area contributed by atoms with Gasteiger partial charge in [0.2, 0.25) is 0 Å². The number of hydrogen-bond acceptors (Lipinski definition) is 7. The van der Waals surface area contributed by atoms with Crippen molar-refractivity contribution in [3.05, 3.63) is 65.4 Å². The molecule has 0 saturated heterocycles. The Bertz CT molecular complexity index is 975. The first-order valence-corrected chi connectivity index (χ1v) is 9.88. The molecular formula is C21H21N3O4S. The highest BCUT2D eigenvalue weighted by Crippen LogP contribution is 2.23. The fourth-order valence-electron chi connectivity index (χ4n) is 2.63. The van der Waals surface area contributed by atoms with Crippen LogP contribution in [0.2, 0.25) is 0 Å². The molecule has 2 heterocycles. The van der Waals surface area contributed by atoms with Crippen LogP contribution >= 0.6 is 11.3 Å². The Morgan fingerprint density at radius 2 is 2.03 bits per heavy atom. The Morgan fingerprint density at radius 3 is 2.79 bits per heavy atom. The van der Waals surface area contributed by atoms with E-state index in [2.05, 4.69) is 15.3 Å². The quantitative estimate of drug-likeness (QED) is 0.573. The average Bonchev–Trinajstić information content (AvgIpc) is 3.21. The first-order chi connectivity index (χ1) is 14.1. The molecule has 29 heavy (non-hydrogen) atoms. The third-order valence-corrected chi connectivity index (χ3v) is 5.05. The van der Waals surface area contributed by atoms with Gasteiger partial charge in [-0.2, -0.15) is 0 Å². The lowest BCUT2D eigenvalue weighted by molar-refractivity contribution is -0.154. The SMILES string of the molecule is COc1ccccc1CNC(=O)[C@H](C)OC(=O)Cc1csc(-c2cccnc2)n1. The number of para-hydroxylation sites is 1. The van der Waals surface area contributed by atoms with Crippen molar-refractivity contribution < 1.29 is 19.1 Å². The number of rotatable bonds is 8. The van der Waals surface area contributed by atoms with Crippen molar-refractivity contribution in [1.82, 2.24) is 15.3 Å². The lowest BCUT2D eigenvalue weighted by atomic mass is 10.2. The molecule has 1 N–H and O–H groups in total. The molecule has 0 aliphatic heterocycles. The van der Waals surface area contributed by atoms with E-state index in [0.29, 0.717) is 11.4 Å². The minimum Gasteiger partial charge on any atom is -0.496 e. The molecule has 1 aromatic carbocycles. The molecule has 2 aromatic heterocycles. The molecule has 0 fully saturated rings. The second kappa shape index (κ2) is 9.79. The molecule has 0 aliphatic rings. The Morgan fingerprint density at radius 1 is 1.21 bits per heavy atom. The van der Waals surface area contributed by atoms with Crippen LogP contribution in [0.25, 0.3) is 10.6 Å². The molecule has 3 rings (SSSR count). The summed E-state index contributed by atoms with van der Waals surface area (Å²) in [6.45, 7) is 1.82. The predicted molar refractivity (Wildman–Crippen MR) is 109 cm³/mol. The molecule has 8 heteroatoms. The third kappa shape index (κ3) is 5.61. The number of esters is 1. The fraction of sp³-hybridized carbons (Fsp3) is 0.238. The number of pyridine rings is 1. The lowest BCUT2D eigenvalue weighted by Gasteiger charge is -2.14. The van der Waals surface area contributed by atoms with E-state index in [0.717, 1.165) is 16.1 Å². The molecule has 3 aromatic rings. The van der Waals surface area contributed by atoms with E-state index in [1.807, 2.05) is 36.4 Å². The van der Waals surface area contributed by atoms with Crippen molar-refractivity contribution in [3.63, 3.8) is 0 Å². The number of benzene rings is 1. The van der Waals surface area contributed by atoms with Gasteiger partial charge in [0.1, 0.15) is 10.8 Å². The first-order valence-electron chi connectivity index (χ1n) is 9.00. The zero-order chi connectivity index (χ0) is 20.6. The van der Waals surface area contributed by atoms with Crippen LogP contribution in [0.1, 0.15) is 18.2 Å². The van der Waals surface area contributed by atoms with Crippen LogP contribution in [-0.4, -0.2) is 35.1 Å². The first kappa shape index (κ1) is 20.5. The van der Waals surface area contributed by atoms with Crippen molar-refractivity contribution in [1.29, 1.82) is 0 Å². The van der Waals surface area contributed by atoms with E-state index >= 15 is 0 Å². The van der Waals surface area contributed by atoms with Gasteiger partial charge in [0, 0.05) is 35.4 Å². The number of carbonyl (C=O) groups is 2. The summed E-state index contributed by atoms with van der Waals surface area (Å²) >= 11 is 1.43. The third-order valence-electron chi connectivity index (χ3n) is 4.11. The molecule has 0 spiro atoms. The van der Waals surface area contributed by atoms with Crippen molar-refractivity contribution >= 4 is 23.2 Å². The molecular weight excluding hydrogens is 390 g/mol. The van der Waals surface area contributed by atoms with E-state index in [4.69, 9.17) is 9.47 Å². The summed E-state index contributed by atoms with van der Waals surface area (Å²) in [6, 6.07) is 11.1. The number of nitrogens with one attached hydrogen (secondary N) is 1. The van der Waals surface area contributed by atoms with Crippen LogP contribution < -0.4 is 10.1 Å². The minimum absolute atomic E-state index is 0.000883. The van der Waals surface area contributed by atoms with Gasteiger partial charge in [-0.1, -0.05) is 18.2 Å². The van der Waals surface area contributed by atoms with Crippen LogP contribution in [0.4, 0.5) is 0 Å². The van der Waals surface area contributed by atoms with Gasteiger partial charge in [-0.25, -0.2) is 4.98 Å². The molecule has 1 amide bonds. The van der Waals surface area contributed by atoms with Gasteiger partial charge in [-0.15, -0.1) is 11.3 Å². The van der Waals surface area contributed by atoms with Crippen LogP contribution in [0.5, 0.6) is 5.75 Å². The van der Waals surface area contributed by atoms with Crippen LogP contribution in [0.3, 0.4) is 0 Å². The van der Waals surface area contributed by atoms with Gasteiger partial charge < -0.3 is 14.8 Å². The Balaban J connectivity index is 1.50. The summed E-state index contributed by atoms with van der Waals surface area (Å²) in [4.78, 5) is 32.9. The standard InChI is InChI=1S/C21H21N3O4S/c1-14(20(26)23-12-15-6-3-4-8-18(15)27-2)28-19(25)10-17-13-29-21(24-17)16-7-5-9-22-11-16/h3-9,11,13-14H,10,12H2,1-2H3,(H,23,26)/t14-/m0/s1. The molecule has 0 bridgehead atoms. The number of ether oxygens (including phenoxy) is 2. The van der Waals surface area contributed by atoms with E-state index in [1.165, 1.54) is 18.3 Å². The maximum absolute atomic E-state index is 12.2. The topological polar surface area (TPSA) is 90.4 Å². The number of amides is 1. The van der Waals surface area contributed by atoms with E-state index in [1.54, 1.807) is 24.9 Å². The highest BCUT2D eigenvalue weighted by atomic mass is 32.1. The molecule has 0 aliphatic carbocycles. The van der Waals surface area contributed by atoms with E-state index in [-0.39, 0.29) is 18.9 Å². The number of hydrogen-bond donors (Lipinski definition) is 1. The zero-order valence-electron chi connectivity index (χ0n) is 16.1. The largest absolute Gasteiger partial charge is 0.496 e. The molecule has 150 valence electrons. The summed E-state index contributed by atoms with van der Waals surface area (Å²) < 4.78 is 10.5. The van der Waals surface area contributed by atoms with Crippen molar-refractivity contribution in [2.45, 2.75) is 26.0 Å². The van der Waals surface area contributed by atoms with Gasteiger partial charge in [0.05, 0.1) is 19.2 Å². The number of aromatic nitrogens is 2. The minimum atomic E-state index is -0.909. The predicted octanol–water partition coefficient (Wildman–Crippen LogP) is 3.00. The van der Waals surface area contributed by atoms with Crippen molar-refractivity contribution in [2.24, 2.45) is 0 Å². The summed E-state index contributed by atoms with van der Waals surface area (Å²) in [5.74, 6) is -0.197. The van der Waals surface area contributed by atoms with Crippen LogP contribution in [0, 0.1) is 0 Å². The Kier molecular flexibility index (Phi) is 6.91. The lowest BCUT2D eigenvalue weighted by Crippen LogP contribution is -2.35. The van der Waals surface area contributed by atoms with Gasteiger partial charge in [-0.05, 0) is 25.1 Å². The van der Waals surface area contributed by atoms with Gasteiger partial charge in [0.15, 0.2) is 6.10 Å². The van der Waals surface area contributed by atoms with Crippen LogP contribution in [-0.2, 0) is 27.3 Å². The number of carbonyl (C=O) groups excluding carboxylic acids is 2. The number of methoxy groups -OCH3 is 1. The summed E-state index contributed by atoms with van der Waals surface area (Å²) in [5.41, 5.74) is 2.33. The molecule has 0 unspecified atom stereocenters. The summed E-state index contributed by atoms with van der Waals surface area (Å²) in [5, 5.41) is 5.33. The van der Waals surface area contributed by atoms with Crippen LogP contribution in [0.15, 0.2) is 54.2 Å². The maximum atomic E-state index is 12.2. The van der Waals surface area contributed by atoms with Gasteiger partial charge in [-0.3, -0.25) is 14.6 Å². The molecule has 1 atom stereocenters. The van der Waals surface area contributed by atoms with E-state index in [9.17, 15) is 9.59 Å². The normalized spacial score (nSPS) is 11.5. The Labute approximate surface area is 172 Å². The Hall–Kier alpha value is -3.26. The second-order valence-corrected chi connectivity index (χ2v) is 7.08. The molecule has 7 nitrogen and oxygen atoms in total. The number of nitrogens with zero attached hydrogens (tertiary/aromatic N) is 2.